The maximum absolute atomic E-state index is 12.0. The molecule has 0 bridgehead atoms. The molecule has 104 valence electrons. The first-order chi connectivity index (χ1) is 9.15. The Morgan fingerprint density at radius 3 is 2.89 bits per heavy atom. The topological polar surface area (TPSA) is 68.5 Å². The van der Waals surface area contributed by atoms with Crippen molar-refractivity contribution in [3.8, 4) is 0 Å². The van der Waals surface area contributed by atoms with Gasteiger partial charge in [0.05, 0.1) is 12.1 Å². The van der Waals surface area contributed by atoms with Crippen LogP contribution in [-0.4, -0.2) is 28.4 Å². The molecule has 1 aromatic heterocycles. The minimum atomic E-state index is -1.18. The lowest BCUT2D eigenvalue weighted by Gasteiger charge is -2.37. The molecule has 0 spiro atoms. The number of aromatic nitrogens is 1. The van der Waals surface area contributed by atoms with E-state index in [0.29, 0.717) is 6.61 Å². The molecule has 2 atom stereocenters. The van der Waals surface area contributed by atoms with Crippen LogP contribution in [0.3, 0.4) is 0 Å². The van der Waals surface area contributed by atoms with Gasteiger partial charge in [0.25, 0.3) is 5.56 Å². The van der Waals surface area contributed by atoms with Gasteiger partial charge in [-0.05, 0) is 31.4 Å². The molecule has 0 amide bonds. The van der Waals surface area contributed by atoms with Gasteiger partial charge in [-0.2, -0.15) is 0 Å². The van der Waals surface area contributed by atoms with Crippen molar-refractivity contribution >= 4 is 5.97 Å². The molecule has 1 aliphatic carbocycles. The third kappa shape index (κ3) is 2.87. The first-order valence-corrected chi connectivity index (χ1v) is 6.71. The molecule has 1 N–H and O–H groups in total. The molecule has 1 saturated carbocycles. The molecular formula is C14H19NO4. The number of hydrogen-bond acceptors (Lipinski definition) is 3. The number of pyridine rings is 1. The summed E-state index contributed by atoms with van der Waals surface area (Å²) in [5.74, 6) is -1.18. The Labute approximate surface area is 111 Å². The van der Waals surface area contributed by atoms with Gasteiger partial charge in [0.2, 0.25) is 0 Å². The van der Waals surface area contributed by atoms with Gasteiger partial charge in [0.15, 0.2) is 0 Å². The summed E-state index contributed by atoms with van der Waals surface area (Å²) in [6.45, 7) is 2.80. The molecule has 19 heavy (non-hydrogen) atoms. The molecule has 1 aliphatic rings. The van der Waals surface area contributed by atoms with Gasteiger partial charge in [-0.1, -0.05) is 13.3 Å². The summed E-state index contributed by atoms with van der Waals surface area (Å²) in [6.07, 6.45) is 5.56. The second-order valence-electron chi connectivity index (χ2n) is 4.85. The largest absolute Gasteiger partial charge is 0.477 e. The van der Waals surface area contributed by atoms with Crippen molar-refractivity contribution in [1.29, 1.82) is 0 Å². The molecule has 2 rings (SSSR count). The number of rotatable bonds is 6. The van der Waals surface area contributed by atoms with Crippen molar-refractivity contribution in [2.75, 3.05) is 6.61 Å². The van der Waals surface area contributed by atoms with E-state index >= 15 is 0 Å². The molecular weight excluding hydrogens is 246 g/mol. The van der Waals surface area contributed by atoms with E-state index in [1.54, 1.807) is 12.3 Å². The molecule has 0 saturated heterocycles. The summed E-state index contributed by atoms with van der Waals surface area (Å²) in [7, 11) is 0. The number of carbonyl (C=O) groups is 1. The van der Waals surface area contributed by atoms with Crippen LogP contribution in [0, 0.1) is 0 Å². The van der Waals surface area contributed by atoms with Crippen LogP contribution >= 0.6 is 0 Å². The first-order valence-electron chi connectivity index (χ1n) is 6.71. The zero-order chi connectivity index (χ0) is 13.8. The first kappa shape index (κ1) is 13.8. The third-order valence-electron chi connectivity index (χ3n) is 3.57. The summed E-state index contributed by atoms with van der Waals surface area (Å²) in [4.78, 5) is 23.0. The second kappa shape index (κ2) is 6.02. The molecule has 0 aromatic carbocycles. The lowest BCUT2D eigenvalue weighted by Crippen LogP contribution is -2.42. The molecule has 5 heteroatoms. The van der Waals surface area contributed by atoms with E-state index in [2.05, 4.69) is 6.92 Å². The maximum Gasteiger partial charge on any atom is 0.341 e. The maximum atomic E-state index is 12.0. The van der Waals surface area contributed by atoms with Crippen LogP contribution in [0.5, 0.6) is 0 Å². The van der Waals surface area contributed by atoms with E-state index in [1.807, 2.05) is 0 Å². The van der Waals surface area contributed by atoms with E-state index in [9.17, 15) is 9.59 Å². The smallest absolute Gasteiger partial charge is 0.341 e. The summed E-state index contributed by atoms with van der Waals surface area (Å²) in [5, 5.41) is 8.96. The van der Waals surface area contributed by atoms with Gasteiger partial charge in [-0.25, -0.2) is 4.79 Å². The molecule has 0 radical (unpaired) electrons. The minimum Gasteiger partial charge on any atom is -0.477 e. The van der Waals surface area contributed by atoms with Gasteiger partial charge in [0, 0.05) is 12.8 Å². The number of aromatic carboxylic acids is 1. The van der Waals surface area contributed by atoms with Crippen molar-refractivity contribution < 1.29 is 14.6 Å². The fourth-order valence-electron chi connectivity index (χ4n) is 2.28. The van der Waals surface area contributed by atoms with Crippen LogP contribution in [0.25, 0.3) is 0 Å². The highest BCUT2D eigenvalue weighted by molar-refractivity contribution is 5.86. The average Bonchev–Trinajstić information content (AvgIpc) is 2.35. The van der Waals surface area contributed by atoms with Crippen LogP contribution < -0.4 is 5.56 Å². The molecule has 1 aromatic rings. The summed E-state index contributed by atoms with van der Waals surface area (Å²) in [5.41, 5.74) is -0.620. The third-order valence-corrected chi connectivity index (χ3v) is 3.57. The highest BCUT2D eigenvalue weighted by atomic mass is 16.5. The number of carboxylic acids is 1. The van der Waals surface area contributed by atoms with Crippen molar-refractivity contribution in [3.05, 3.63) is 34.2 Å². The summed E-state index contributed by atoms with van der Waals surface area (Å²) in [6, 6.07) is 2.92. The number of carboxylic acid groups (broad SMARTS) is 1. The Morgan fingerprint density at radius 2 is 2.32 bits per heavy atom. The zero-order valence-corrected chi connectivity index (χ0v) is 11.0. The molecule has 1 heterocycles. The van der Waals surface area contributed by atoms with Crippen molar-refractivity contribution in [1.82, 2.24) is 4.57 Å². The van der Waals surface area contributed by atoms with Crippen LogP contribution in [0.4, 0.5) is 0 Å². The quantitative estimate of drug-likeness (QED) is 0.799. The molecule has 0 aliphatic heterocycles. The second-order valence-corrected chi connectivity index (χ2v) is 4.85. The van der Waals surface area contributed by atoms with Crippen molar-refractivity contribution in [2.45, 2.75) is 44.8 Å². The van der Waals surface area contributed by atoms with E-state index in [4.69, 9.17) is 9.84 Å². The standard InChI is InChI=1S/C14H19NO4/c1-2-3-9-19-12-7-6-11(12)15-8-4-5-10(13(15)16)14(17)18/h4-5,8,11-12H,2-3,6-7,9H2,1H3,(H,17,18)/t11-,12+/m0/s1. The number of hydrogen-bond donors (Lipinski definition) is 1. The Morgan fingerprint density at radius 1 is 1.53 bits per heavy atom. The highest BCUT2D eigenvalue weighted by Gasteiger charge is 2.34. The normalized spacial score (nSPS) is 21.9. The minimum absolute atomic E-state index is 0.0244. The lowest BCUT2D eigenvalue weighted by atomic mass is 9.88. The van der Waals surface area contributed by atoms with Gasteiger partial charge >= 0.3 is 5.97 Å². The van der Waals surface area contributed by atoms with Gasteiger partial charge in [-0.3, -0.25) is 4.79 Å². The zero-order valence-electron chi connectivity index (χ0n) is 11.0. The van der Waals surface area contributed by atoms with Crippen molar-refractivity contribution in [3.63, 3.8) is 0 Å². The lowest BCUT2D eigenvalue weighted by molar-refractivity contribution is -0.0417. The number of ether oxygens (including phenoxy) is 1. The van der Waals surface area contributed by atoms with Crippen LogP contribution in [0.1, 0.15) is 49.0 Å². The Hall–Kier alpha value is -1.62. The fraction of sp³-hybridized carbons (Fsp3) is 0.571. The fourth-order valence-corrected chi connectivity index (χ4v) is 2.28. The highest BCUT2D eigenvalue weighted by Crippen LogP contribution is 2.34. The van der Waals surface area contributed by atoms with Gasteiger partial charge in [-0.15, -0.1) is 0 Å². The molecule has 1 fully saturated rings. The van der Waals surface area contributed by atoms with Crippen LogP contribution in [0.15, 0.2) is 23.1 Å². The van der Waals surface area contributed by atoms with Crippen LogP contribution in [0.2, 0.25) is 0 Å². The van der Waals surface area contributed by atoms with E-state index < -0.39 is 11.5 Å². The Balaban J connectivity index is 2.12. The van der Waals surface area contributed by atoms with Crippen molar-refractivity contribution in [2.24, 2.45) is 0 Å². The summed E-state index contributed by atoms with van der Waals surface area (Å²) >= 11 is 0. The Kier molecular flexibility index (Phi) is 4.37. The monoisotopic (exact) mass is 265 g/mol. The van der Waals surface area contributed by atoms with E-state index in [1.165, 1.54) is 10.6 Å². The predicted molar refractivity (Wildman–Crippen MR) is 70.6 cm³/mol. The molecule has 5 nitrogen and oxygen atoms in total. The number of nitrogens with zero attached hydrogens (tertiary/aromatic N) is 1. The summed E-state index contributed by atoms with van der Waals surface area (Å²) < 4.78 is 7.24. The van der Waals surface area contributed by atoms with E-state index in [0.717, 1.165) is 25.7 Å². The average molecular weight is 265 g/mol. The van der Waals surface area contributed by atoms with E-state index in [-0.39, 0.29) is 17.7 Å². The molecule has 0 unspecified atom stereocenters. The van der Waals surface area contributed by atoms with Gasteiger partial charge < -0.3 is 14.4 Å². The van der Waals surface area contributed by atoms with Gasteiger partial charge in [0.1, 0.15) is 5.56 Å². The number of unbranched alkanes of at least 4 members (excludes halogenated alkanes) is 1. The predicted octanol–water partition coefficient (Wildman–Crippen LogP) is 2.07. The Bertz CT molecular complexity index is 508. The SMILES string of the molecule is CCCCO[C@@H]1CC[C@@H]1n1cccc(C(=O)O)c1=O. The van der Waals surface area contributed by atoms with Crippen LogP contribution in [-0.2, 0) is 4.74 Å².